The van der Waals surface area contributed by atoms with Crippen molar-refractivity contribution in [2.24, 2.45) is 4.99 Å². The summed E-state index contributed by atoms with van der Waals surface area (Å²) in [6, 6.07) is 12.6. The average Bonchev–Trinajstić information content (AvgIpc) is 3.37. The van der Waals surface area contributed by atoms with Crippen molar-refractivity contribution in [2.45, 2.75) is 24.3 Å². The largest absolute Gasteiger partial charge is 0.454 e. The van der Waals surface area contributed by atoms with Crippen LogP contribution >= 0.6 is 23.4 Å². The van der Waals surface area contributed by atoms with Crippen LogP contribution in [-0.2, 0) is 27.6 Å². The first-order valence-corrected chi connectivity index (χ1v) is 12.8. The standard InChI is InChI=1S/C21H19ClN2O5S2/c22-15-4-2-1-3-14(15)8-20(25)23-21-24(16-10-31(26,27)11-19(16)30-21)9-13-5-6-17-18(7-13)29-12-28-17/h1-7,16,19H,8-12H2/t16-,19-/m0/s1. The Morgan fingerprint density at radius 1 is 1.16 bits per heavy atom. The van der Waals surface area contributed by atoms with Gasteiger partial charge in [-0.15, -0.1) is 0 Å². The van der Waals surface area contributed by atoms with E-state index in [0.29, 0.717) is 33.8 Å². The summed E-state index contributed by atoms with van der Waals surface area (Å²) in [4.78, 5) is 19.0. The molecule has 0 spiro atoms. The fourth-order valence-corrected chi connectivity index (χ4v) is 8.18. The number of sulfone groups is 1. The summed E-state index contributed by atoms with van der Waals surface area (Å²) in [7, 11) is -3.11. The molecule has 10 heteroatoms. The minimum absolute atomic E-state index is 0.0624. The maximum Gasteiger partial charge on any atom is 0.252 e. The van der Waals surface area contributed by atoms with Crippen LogP contribution in [0.15, 0.2) is 47.5 Å². The second-order valence-electron chi connectivity index (χ2n) is 7.67. The van der Waals surface area contributed by atoms with Crippen molar-refractivity contribution in [3.63, 3.8) is 0 Å². The first kappa shape index (κ1) is 20.7. The van der Waals surface area contributed by atoms with Crippen LogP contribution in [0.3, 0.4) is 0 Å². The molecule has 3 aliphatic heterocycles. The van der Waals surface area contributed by atoms with Crippen LogP contribution in [-0.4, -0.2) is 54.0 Å². The molecular weight excluding hydrogens is 460 g/mol. The normalized spacial score (nSPS) is 24.5. The lowest BCUT2D eigenvalue weighted by Gasteiger charge is -2.24. The molecule has 0 N–H and O–H groups in total. The number of carbonyl (C=O) groups is 1. The molecule has 2 atom stereocenters. The second-order valence-corrected chi connectivity index (χ2v) is 11.4. The van der Waals surface area contributed by atoms with Gasteiger partial charge in [-0.25, -0.2) is 8.42 Å². The van der Waals surface area contributed by atoms with Crippen molar-refractivity contribution in [2.75, 3.05) is 18.3 Å². The van der Waals surface area contributed by atoms with Crippen molar-refractivity contribution in [1.29, 1.82) is 0 Å². The number of benzene rings is 2. The molecule has 2 aromatic carbocycles. The zero-order chi connectivity index (χ0) is 21.6. The van der Waals surface area contributed by atoms with E-state index < -0.39 is 9.84 Å². The van der Waals surface area contributed by atoms with E-state index in [0.717, 1.165) is 5.56 Å². The molecule has 0 unspecified atom stereocenters. The molecule has 162 valence electrons. The van der Waals surface area contributed by atoms with Crippen LogP contribution in [0.4, 0.5) is 0 Å². The smallest absolute Gasteiger partial charge is 0.252 e. The average molecular weight is 479 g/mol. The van der Waals surface area contributed by atoms with Gasteiger partial charge < -0.3 is 14.4 Å². The van der Waals surface area contributed by atoms with E-state index in [-0.39, 0.29) is 41.9 Å². The summed E-state index contributed by atoms with van der Waals surface area (Å²) in [5.74, 6) is 1.19. The first-order valence-electron chi connectivity index (χ1n) is 9.75. The highest BCUT2D eigenvalue weighted by Crippen LogP contribution is 2.40. The topological polar surface area (TPSA) is 85.3 Å². The number of hydrogen-bond donors (Lipinski definition) is 0. The Balaban J connectivity index is 1.41. The Labute approximate surface area is 189 Å². The number of thioether (sulfide) groups is 1. The highest BCUT2D eigenvalue weighted by Gasteiger charge is 2.48. The van der Waals surface area contributed by atoms with Crippen molar-refractivity contribution in [3.8, 4) is 11.5 Å². The zero-order valence-electron chi connectivity index (χ0n) is 16.4. The van der Waals surface area contributed by atoms with Crippen LogP contribution in [0.2, 0.25) is 5.02 Å². The molecule has 3 aliphatic rings. The summed E-state index contributed by atoms with van der Waals surface area (Å²) < 4.78 is 35.2. The summed E-state index contributed by atoms with van der Waals surface area (Å²) in [5.41, 5.74) is 1.65. The lowest BCUT2D eigenvalue weighted by atomic mass is 10.1. The van der Waals surface area contributed by atoms with Gasteiger partial charge in [0.25, 0.3) is 5.91 Å². The fourth-order valence-electron chi connectivity index (χ4n) is 4.01. The molecule has 0 radical (unpaired) electrons. The van der Waals surface area contributed by atoms with E-state index >= 15 is 0 Å². The molecule has 31 heavy (non-hydrogen) atoms. The minimum atomic E-state index is -3.11. The molecule has 3 heterocycles. The molecule has 2 fully saturated rings. The predicted molar refractivity (Wildman–Crippen MR) is 120 cm³/mol. The minimum Gasteiger partial charge on any atom is -0.454 e. The molecule has 0 saturated carbocycles. The van der Waals surface area contributed by atoms with E-state index in [9.17, 15) is 13.2 Å². The number of nitrogens with zero attached hydrogens (tertiary/aromatic N) is 2. The van der Waals surface area contributed by atoms with E-state index in [2.05, 4.69) is 4.99 Å². The third-order valence-electron chi connectivity index (χ3n) is 5.48. The Bertz CT molecular complexity index is 1180. The predicted octanol–water partition coefficient (Wildman–Crippen LogP) is 2.91. The highest BCUT2D eigenvalue weighted by atomic mass is 35.5. The maximum atomic E-state index is 12.7. The molecule has 0 bridgehead atoms. The second kappa shape index (κ2) is 8.03. The molecule has 2 aromatic rings. The maximum absolute atomic E-state index is 12.7. The number of amides is 1. The Morgan fingerprint density at radius 3 is 2.81 bits per heavy atom. The number of halogens is 1. The molecule has 7 nitrogen and oxygen atoms in total. The summed E-state index contributed by atoms with van der Waals surface area (Å²) in [5, 5.41) is 0.945. The molecule has 0 aromatic heterocycles. The third kappa shape index (κ3) is 4.26. The van der Waals surface area contributed by atoms with Crippen molar-refractivity contribution in [3.05, 3.63) is 58.6 Å². The van der Waals surface area contributed by atoms with Gasteiger partial charge in [-0.2, -0.15) is 4.99 Å². The van der Waals surface area contributed by atoms with Gasteiger partial charge >= 0.3 is 0 Å². The molecule has 0 aliphatic carbocycles. The van der Waals surface area contributed by atoms with Crippen LogP contribution < -0.4 is 9.47 Å². The van der Waals surface area contributed by atoms with E-state index in [1.165, 1.54) is 11.8 Å². The van der Waals surface area contributed by atoms with Crippen LogP contribution in [0.1, 0.15) is 11.1 Å². The summed E-state index contributed by atoms with van der Waals surface area (Å²) in [6.07, 6.45) is 0.0925. The third-order valence-corrected chi connectivity index (χ3v) is 9.10. The van der Waals surface area contributed by atoms with Gasteiger partial charge in [0.1, 0.15) is 0 Å². The van der Waals surface area contributed by atoms with Gasteiger partial charge in [-0.05, 0) is 29.3 Å². The van der Waals surface area contributed by atoms with Crippen LogP contribution in [0.5, 0.6) is 11.5 Å². The van der Waals surface area contributed by atoms with Gasteiger partial charge in [0.15, 0.2) is 26.5 Å². The van der Waals surface area contributed by atoms with Crippen LogP contribution in [0, 0.1) is 0 Å². The molecule has 1 amide bonds. The highest BCUT2D eigenvalue weighted by molar-refractivity contribution is 8.15. The molecule has 2 saturated heterocycles. The quantitative estimate of drug-likeness (QED) is 0.667. The van der Waals surface area contributed by atoms with Crippen molar-refractivity contribution in [1.82, 2.24) is 4.90 Å². The monoisotopic (exact) mass is 478 g/mol. The Kier molecular flexibility index (Phi) is 5.35. The number of aliphatic imine (C=N–C) groups is 1. The Morgan fingerprint density at radius 2 is 1.97 bits per heavy atom. The number of hydrogen-bond acceptors (Lipinski definition) is 6. The first-order chi connectivity index (χ1) is 14.9. The van der Waals surface area contributed by atoms with Gasteiger partial charge in [0.05, 0.1) is 24.0 Å². The van der Waals surface area contributed by atoms with Gasteiger partial charge in [0, 0.05) is 16.8 Å². The SMILES string of the molecule is O=C(Cc1ccccc1Cl)N=C1S[C@H]2CS(=O)(=O)C[C@@H]2N1Cc1ccc2c(c1)OCO2. The summed E-state index contributed by atoms with van der Waals surface area (Å²) in [6.45, 7) is 0.614. The van der Waals surface area contributed by atoms with Crippen LogP contribution in [0.25, 0.3) is 0 Å². The molecule has 5 rings (SSSR count). The lowest BCUT2D eigenvalue weighted by Crippen LogP contribution is -2.37. The lowest BCUT2D eigenvalue weighted by molar-refractivity contribution is -0.117. The molecular formula is C21H19ClN2O5S2. The van der Waals surface area contributed by atoms with Gasteiger partial charge in [0.2, 0.25) is 6.79 Å². The number of ether oxygens (including phenoxy) is 2. The fraction of sp³-hybridized carbons (Fsp3) is 0.333. The number of fused-ring (bicyclic) bond motifs is 2. The van der Waals surface area contributed by atoms with Gasteiger partial charge in [-0.1, -0.05) is 47.6 Å². The van der Waals surface area contributed by atoms with E-state index in [1.807, 2.05) is 35.2 Å². The zero-order valence-corrected chi connectivity index (χ0v) is 18.8. The van der Waals surface area contributed by atoms with E-state index in [1.54, 1.807) is 12.1 Å². The number of amidine groups is 1. The van der Waals surface area contributed by atoms with Crippen molar-refractivity contribution < 1.29 is 22.7 Å². The summed E-state index contributed by atoms with van der Waals surface area (Å²) >= 11 is 7.54. The van der Waals surface area contributed by atoms with E-state index in [4.69, 9.17) is 21.1 Å². The Hall–Kier alpha value is -2.23. The number of carbonyl (C=O) groups excluding carboxylic acids is 1. The number of rotatable bonds is 4. The van der Waals surface area contributed by atoms with Crippen molar-refractivity contribution >= 4 is 44.3 Å². The van der Waals surface area contributed by atoms with Gasteiger partial charge in [-0.3, -0.25) is 4.79 Å².